The van der Waals surface area contributed by atoms with Gasteiger partial charge in [-0.05, 0) is 18.1 Å². The number of methoxy groups -OCH3 is 2. The van der Waals surface area contributed by atoms with Gasteiger partial charge in [0, 0.05) is 5.56 Å². The Morgan fingerprint density at radius 1 is 1.27 bits per heavy atom. The highest BCUT2D eigenvalue weighted by molar-refractivity contribution is 5.50. The molecule has 0 aliphatic rings. The van der Waals surface area contributed by atoms with Crippen molar-refractivity contribution in [2.75, 3.05) is 14.2 Å². The zero-order valence-corrected chi connectivity index (χ0v) is 9.33. The number of hydrogen-bond donors (Lipinski definition) is 0. The maximum atomic E-state index is 8.72. The molecular weight excluding hydrogens is 190 g/mol. The van der Waals surface area contributed by atoms with E-state index < -0.39 is 0 Å². The monoisotopic (exact) mass is 205 g/mol. The fourth-order valence-electron chi connectivity index (χ4n) is 1.53. The fourth-order valence-corrected chi connectivity index (χ4v) is 1.53. The number of benzene rings is 1. The Balaban J connectivity index is 3.27. The summed E-state index contributed by atoms with van der Waals surface area (Å²) in [4.78, 5) is 0. The first-order valence-electron chi connectivity index (χ1n) is 4.87. The van der Waals surface area contributed by atoms with Crippen molar-refractivity contribution in [3.8, 4) is 17.6 Å². The molecule has 0 aromatic heterocycles. The van der Waals surface area contributed by atoms with Crippen LogP contribution in [-0.4, -0.2) is 14.2 Å². The Morgan fingerprint density at radius 3 is 2.47 bits per heavy atom. The van der Waals surface area contributed by atoms with Gasteiger partial charge in [-0.2, -0.15) is 5.26 Å². The van der Waals surface area contributed by atoms with Gasteiger partial charge < -0.3 is 9.47 Å². The van der Waals surface area contributed by atoms with E-state index in [4.69, 9.17) is 14.7 Å². The lowest BCUT2D eigenvalue weighted by Gasteiger charge is -2.12. The molecule has 0 aliphatic heterocycles. The largest absolute Gasteiger partial charge is 0.493 e. The van der Waals surface area contributed by atoms with Gasteiger partial charge in [-0.3, -0.25) is 0 Å². The van der Waals surface area contributed by atoms with Crippen molar-refractivity contribution in [3.05, 3.63) is 23.3 Å². The van der Waals surface area contributed by atoms with Gasteiger partial charge in [0.15, 0.2) is 11.5 Å². The average Bonchev–Trinajstić information content (AvgIpc) is 2.28. The number of nitriles is 1. The molecule has 15 heavy (non-hydrogen) atoms. The van der Waals surface area contributed by atoms with Crippen LogP contribution >= 0.6 is 0 Å². The topological polar surface area (TPSA) is 42.2 Å². The summed E-state index contributed by atoms with van der Waals surface area (Å²) in [6.45, 7) is 2.07. The van der Waals surface area contributed by atoms with Crippen LogP contribution in [0.2, 0.25) is 0 Å². The molecule has 0 atom stereocenters. The molecule has 0 saturated carbocycles. The molecule has 3 heteroatoms. The Morgan fingerprint density at radius 2 is 2.00 bits per heavy atom. The molecule has 1 rings (SSSR count). The second-order valence-corrected chi connectivity index (χ2v) is 3.18. The molecule has 80 valence electrons. The van der Waals surface area contributed by atoms with Crippen molar-refractivity contribution in [1.29, 1.82) is 5.26 Å². The van der Waals surface area contributed by atoms with Crippen LogP contribution in [0, 0.1) is 11.3 Å². The van der Waals surface area contributed by atoms with E-state index >= 15 is 0 Å². The van der Waals surface area contributed by atoms with Gasteiger partial charge in [-0.25, -0.2) is 0 Å². The summed E-state index contributed by atoms with van der Waals surface area (Å²) in [6.07, 6.45) is 1.26. The SMILES string of the molecule is CCc1cc(CC#N)c(OC)c(OC)c1. The number of ether oxygens (including phenoxy) is 2. The van der Waals surface area contributed by atoms with E-state index in [1.165, 1.54) is 0 Å². The first-order valence-corrected chi connectivity index (χ1v) is 4.87. The molecule has 1 aromatic carbocycles. The molecule has 0 amide bonds. The molecule has 3 nitrogen and oxygen atoms in total. The third kappa shape index (κ3) is 2.41. The molecule has 0 aliphatic carbocycles. The predicted molar refractivity (Wildman–Crippen MR) is 58.2 cm³/mol. The molecule has 0 spiro atoms. The molecule has 1 aromatic rings. The fraction of sp³-hybridized carbons (Fsp3) is 0.417. The summed E-state index contributed by atoms with van der Waals surface area (Å²) in [5.41, 5.74) is 2.04. The Kier molecular flexibility index (Phi) is 3.99. The van der Waals surface area contributed by atoms with Gasteiger partial charge in [0.25, 0.3) is 0 Å². The van der Waals surface area contributed by atoms with Crippen LogP contribution in [-0.2, 0) is 12.8 Å². The van der Waals surface area contributed by atoms with Crippen LogP contribution in [0.1, 0.15) is 18.1 Å². The number of aryl methyl sites for hydroxylation is 1. The van der Waals surface area contributed by atoms with Crippen molar-refractivity contribution in [3.63, 3.8) is 0 Å². The molecule has 0 radical (unpaired) electrons. The first-order chi connectivity index (χ1) is 7.26. The van der Waals surface area contributed by atoms with Crippen LogP contribution in [0.3, 0.4) is 0 Å². The van der Waals surface area contributed by atoms with Crippen LogP contribution in [0.4, 0.5) is 0 Å². The molecule has 0 unspecified atom stereocenters. The third-order valence-corrected chi connectivity index (χ3v) is 2.29. The molecule has 0 bridgehead atoms. The smallest absolute Gasteiger partial charge is 0.164 e. The van der Waals surface area contributed by atoms with Crippen LogP contribution < -0.4 is 9.47 Å². The second-order valence-electron chi connectivity index (χ2n) is 3.18. The van der Waals surface area contributed by atoms with E-state index in [9.17, 15) is 0 Å². The predicted octanol–water partition coefficient (Wildman–Crippen LogP) is 2.33. The van der Waals surface area contributed by atoms with Gasteiger partial charge in [0.2, 0.25) is 0 Å². The van der Waals surface area contributed by atoms with Gasteiger partial charge in [0.05, 0.1) is 26.7 Å². The third-order valence-electron chi connectivity index (χ3n) is 2.29. The van der Waals surface area contributed by atoms with Crippen molar-refractivity contribution < 1.29 is 9.47 Å². The van der Waals surface area contributed by atoms with E-state index in [0.717, 1.165) is 17.5 Å². The van der Waals surface area contributed by atoms with Crippen molar-refractivity contribution in [1.82, 2.24) is 0 Å². The van der Waals surface area contributed by atoms with Crippen LogP contribution in [0.15, 0.2) is 12.1 Å². The zero-order valence-electron chi connectivity index (χ0n) is 9.33. The molecular formula is C12H15NO2. The Bertz CT molecular complexity index is 380. The highest BCUT2D eigenvalue weighted by atomic mass is 16.5. The summed E-state index contributed by atoms with van der Waals surface area (Å²) in [7, 11) is 3.19. The van der Waals surface area contributed by atoms with E-state index in [0.29, 0.717) is 17.9 Å². The highest BCUT2D eigenvalue weighted by Crippen LogP contribution is 2.32. The van der Waals surface area contributed by atoms with Crippen molar-refractivity contribution in [2.24, 2.45) is 0 Å². The van der Waals surface area contributed by atoms with Gasteiger partial charge >= 0.3 is 0 Å². The van der Waals surface area contributed by atoms with Gasteiger partial charge in [-0.15, -0.1) is 0 Å². The summed E-state index contributed by atoms with van der Waals surface area (Å²) < 4.78 is 10.5. The molecule has 0 fully saturated rings. The number of nitrogens with zero attached hydrogens (tertiary/aromatic N) is 1. The van der Waals surface area contributed by atoms with Crippen LogP contribution in [0.5, 0.6) is 11.5 Å². The Labute approximate surface area is 90.2 Å². The Hall–Kier alpha value is -1.69. The number of hydrogen-bond acceptors (Lipinski definition) is 3. The maximum absolute atomic E-state index is 8.72. The summed E-state index contributed by atoms with van der Waals surface area (Å²) in [5.74, 6) is 1.36. The summed E-state index contributed by atoms with van der Waals surface area (Å²) >= 11 is 0. The summed E-state index contributed by atoms with van der Waals surface area (Å²) in [5, 5.41) is 8.72. The highest BCUT2D eigenvalue weighted by Gasteiger charge is 2.11. The van der Waals surface area contributed by atoms with Crippen molar-refractivity contribution in [2.45, 2.75) is 19.8 Å². The minimum atomic E-state index is 0.341. The number of rotatable bonds is 4. The van der Waals surface area contributed by atoms with Crippen LogP contribution in [0.25, 0.3) is 0 Å². The lowest BCUT2D eigenvalue weighted by atomic mass is 10.0. The van der Waals surface area contributed by atoms with Gasteiger partial charge in [-0.1, -0.05) is 13.0 Å². The zero-order chi connectivity index (χ0) is 11.3. The van der Waals surface area contributed by atoms with E-state index in [1.54, 1.807) is 14.2 Å². The average molecular weight is 205 g/mol. The maximum Gasteiger partial charge on any atom is 0.164 e. The molecule has 0 saturated heterocycles. The standard InChI is InChI=1S/C12H15NO2/c1-4-9-7-10(5-6-13)12(15-3)11(8-9)14-2/h7-8H,4-5H2,1-3H3. The normalized spacial score (nSPS) is 9.47. The first kappa shape index (κ1) is 11.4. The summed E-state index contributed by atoms with van der Waals surface area (Å²) in [6, 6.07) is 6.06. The van der Waals surface area contributed by atoms with Crippen molar-refractivity contribution >= 4 is 0 Å². The van der Waals surface area contributed by atoms with Gasteiger partial charge in [0.1, 0.15) is 0 Å². The lowest BCUT2D eigenvalue weighted by Crippen LogP contribution is -1.97. The lowest BCUT2D eigenvalue weighted by molar-refractivity contribution is 0.352. The molecule has 0 N–H and O–H groups in total. The van der Waals surface area contributed by atoms with E-state index in [1.807, 2.05) is 12.1 Å². The molecule has 0 heterocycles. The van der Waals surface area contributed by atoms with E-state index in [-0.39, 0.29) is 0 Å². The minimum Gasteiger partial charge on any atom is -0.493 e. The second kappa shape index (κ2) is 5.26. The minimum absolute atomic E-state index is 0.341. The van der Waals surface area contributed by atoms with E-state index in [2.05, 4.69) is 13.0 Å². The quantitative estimate of drug-likeness (QED) is 0.757.